The van der Waals surface area contributed by atoms with Crippen LogP contribution in [0.5, 0.6) is 0 Å². The van der Waals surface area contributed by atoms with Gasteiger partial charge in [0.05, 0.1) is 6.20 Å². The second-order valence-electron chi connectivity index (χ2n) is 5.93. The molecule has 2 rings (SSSR count). The van der Waals surface area contributed by atoms with Crippen LogP contribution in [0.4, 0.5) is 0 Å². The molecule has 2 heterocycles. The van der Waals surface area contributed by atoms with Gasteiger partial charge in [0.2, 0.25) is 0 Å². The van der Waals surface area contributed by atoms with E-state index in [2.05, 4.69) is 15.5 Å². The first-order chi connectivity index (χ1) is 10.0. The quantitative estimate of drug-likeness (QED) is 0.869. The highest BCUT2D eigenvalue weighted by molar-refractivity contribution is 7.89. The van der Waals surface area contributed by atoms with Crippen molar-refractivity contribution in [2.24, 2.45) is 0 Å². The zero-order valence-electron chi connectivity index (χ0n) is 12.9. The van der Waals surface area contributed by atoms with Crippen molar-refractivity contribution < 1.29 is 8.42 Å². The van der Waals surface area contributed by atoms with E-state index in [1.165, 1.54) is 6.42 Å². The average molecular weight is 314 g/mol. The second kappa shape index (κ2) is 7.38. The van der Waals surface area contributed by atoms with Gasteiger partial charge in [-0.25, -0.2) is 8.42 Å². The van der Waals surface area contributed by atoms with Crippen molar-refractivity contribution in [3.05, 3.63) is 11.8 Å². The lowest BCUT2D eigenvalue weighted by atomic mass is 10.1. The zero-order chi connectivity index (χ0) is 15.3. The Morgan fingerprint density at radius 2 is 1.86 bits per heavy atom. The summed E-state index contributed by atoms with van der Waals surface area (Å²) in [6.45, 7) is 5.80. The Morgan fingerprint density at radius 3 is 2.48 bits per heavy atom. The van der Waals surface area contributed by atoms with E-state index in [0.717, 1.165) is 25.7 Å². The summed E-state index contributed by atoms with van der Waals surface area (Å²) in [6, 6.07) is 0.303. The van der Waals surface area contributed by atoms with Gasteiger partial charge in [-0.2, -0.15) is 9.40 Å². The monoisotopic (exact) mass is 314 g/mol. The molecule has 0 bridgehead atoms. The van der Waals surface area contributed by atoms with Crippen LogP contribution >= 0.6 is 0 Å². The zero-order valence-corrected chi connectivity index (χ0v) is 13.7. The van der Waals surface area contributed by atoms with Gasteiger partial charge in [0.25, 0.3) is 10.0 Å². The molecule has 1 aromatic rings. The number of hydrogen-bond donors (Lipinski definition) is 2. The van der Waals surface area contributed by atoms with Gasteiger partial charge in [-0.05, 0) is 12.8 Å². The van der Waals surface area contributed by atoms with Gasteiger partial charge in [-0.1, -0.05) is 33.1 Å². The fourth-order valence-corrected chi connectivity index (χ4v) is 4.17. The highest BCUT2D eigenvalue weighted by Gasteiger charge is 2.28. The molecule has 0 aromatic carbocycles. The summed E-state index contributed by atoms with van der Waals surface area (Å²) in [5.41, 5.74) is 0.714. The normalized spacial score (nSPS) is 18.6. The first-order valence-electron chi connectivity index (χ1n) is 7.77. The van der Waals surface area contributed by atoms with Gasteiger partial charge in [-0.15, -0.1) is 0 Å². The van der Waals surface area contributed by atoms with Crippen LogP contribution in [0.15, 0.2) is 11.2 Å². The smallest absolute Gasteiger partial charge is 0.260 e. The number of nitrogens with one attached hydrogen (secondary N) is 2. The minimum absolute atomic E-state index is 0.247. The highest BCUT2D eigenvalue weighted by Crippen LogP contribution is 2.21. The number of hydrogen-bond acceptors (Lipinski definition) is 4. The predicted octanol–water partition coefficient (Wildman–Crippen LogP) is 1.86. The molecule has 120 valence electrons. The van der Waals surface area contributed by atoms with Crippen LogP contribution in [0.1, 0.15) is 51.5 Å². The molecule has 0 unspecified atom stereocenters. The molecule has 0 spiro atoms. The average Bonchev–Trinajstić information content (AvgIpc) is 2.84. The first-order valence-corrected chi connectivity index (χ1v) is 9.21. The van der Waals surface area contributed by atoms with Crippen LogP contribution in [0, 0.1) is 0 Å². The molecule has 1 fully saturated rings. The Balaban J connectivity index is 2.16. The first kappa shape index (κ1) is 16.5. The van der Waals surface area contributed by atoms with Crippen molar-refractivity contribution in [3.63, 3.8) is 0 Å². The standard InChI is InChI=1S/C14H26N4O2S/c1-12(2)15-10-13-11-16-17-14(13)21(19,20)18-8-6-4-3-5-7-9-18/h11-12,15H,3-10H2,1-2H3,(H,16,17). The topological polar surface area (TPSA) is 78.1 Å². The second-order valence-corrected chi connectivity index (χ2v) is 7.81. The Hall–Kier alpha value is -0.920. The molecular formula is C14H26N4O2S. The lowest BCUT2D eigenvalue weighted by molar-refractivity contribution is 0.362. The minimum Gasteiger partial charge on any atom is -0.310 e. The SMILES string of the molecule is CC(C)NCc1cn[nH]c1S(=O)(=O)N1CCCCCCC1. The van der Waals surface area contributed by atoms with Crippen molar-refractivity contribution >= 4 is 10.0 Å². The van der Waals surface area contributed by atoms with Gasteiger partial charge in [0, 0.05) is 31.2 Å². The molecule has 0 radical (unpaired) electrons. The fraction of sp³-hybridized carbons (Fsp3) is 0.786. The number of rotatable bonds is 5. The molecular weight excluding hydrogens is 288 g/mol. The third-order valence-corrected chi connectivity index (χ3v) is 5.71. The number of nitrogens with zero attached hydrogens (tertiary/aromatic N) is 2. The summed E-state index contributed by atoms with van der Waals surface area (Å²) >= 11 is 0. The van der Waals surface area contributed by atoms with Crippen LogP contribution in [0.3, 0.4) is 0 Å². The molecule has 1 saturated heterocycles. The summed E-state index contributed by atoms with van der Waals surface area (Å²) in [6.07, 6.45) is 6.90. The molecule has 1 aliphatic heterocycles. The summed E-state index contributed by atoms with van der Waals surface area (Å²) in [5, 5.41) is 10.1. The lowest BCUT2D eigenvalue weighted by Gasteiger charge is -2.24. The van der Waals surface area contributed by atoms with E-state index in [1.807, 2.05) is 13.8 Å². The maximum Gasteiger partial charge on any atom is 0.260 e. The van der Waals surface area contributed by atoms with Crippen molar-refractivity contribution in [1.82, 2.24) is 19.8 Å². The summed E-state index contributed by atoms with van der Waals surface area (Å²) < 4.78 is 27.2. The number of aromatic nitrogens is 2. The molecule has 1 aromatic heterocycles. The predicted molar refractivity (Wildman–Crippen MR) is 82.4 cm³/mol. The van der Waals surface area contributed by atoms with E-state index in [9.17, 15) is 8.42 Å². The van der Waals surface area contributed by atoms with Crippen LogP contribution in [0.25, 0.3) is 0 Å². The molecule has 21 heavy (non-hydrogen) atoms. The Morgan fingerprint density at radius 1 is 1.24 bits per heavy atom. The molecule has 7 heteroatoms. The van der Waals surface area contributed by atoms with E-state index >= 15 is 0 Å². The summed E-state index contributed by atoms with van der Waals surface area (Å²) in [5.74, 6) is 0. The number of aromatic amines is 1. The highest BCUT2D eigenvalue weighted by atomic mass is 32.2. The van der Waals surface area contributed by atoms with E-state index < -0.39 is 10.0 Å². The van der Waals surface area contributed by atoms with Gasteiger partial charge in [-0.3, -0.25) is 5.10 Å². The van der Waals surface area contributed by atoms with E-state index in [-0.39, 0.29) is 5.03 Å². The van der Waals surface area contributed by atoms with Crippen molar-refractivity contribution in [1.29, 1.82) is 0 Å². The molecule has 2 N–H and O–H groups in total. The van der Waals surface area contributed by atoms with Crippen molar-refractivity contribution in [3.8, 4) is 0 Å². The lowest BCUT2D eigenvalue weighted by Crippen LogP contribution is -2.35. The maximum absolute atomic E-state index is 12.8. The van der Waals surface area contributed by atoms with Crippen LogP contribution in [0.2, 0.25) is 0 Å². The van der Waals surface area contributed by atoms with Crippen molar-refractivity contribution in [2.75, 3.05) is 13.1 Å². The number of sulfonamides is 1. The van der Waals surface area contributed by atoms with E-state index in [4.69, 9.17) is 0 Å². The van der Waals surface area contributed by atoms with Gasteiger partial charge < -0.3 is 5.32 Å². The maximum atomic E-state index is 12.8. The van der Waals surface area contributed by atoms with Crippen LogP contribution in [-0.2, 0) is 16.6 Å². The molecule has 0 saturated carbocycles. The Bertz CT molecular complexity index is 531. The molecule has 0 amide bonds. The third kappa shape index (κ3) is 4.28. The molecule has 0 atom stereocenters. The van der Waals surface area contributed by atoms with Crippen molar-refractivity contribution in [2.45, 2.75) is 63.6 Å². The Labute approximate surface area is 127 Å². The molecule has 1 aliphatic rings. The fourth-order valence-electron chi connectivity index (χ4n) is 2.55. The summed E-state index contributed by atoms with van der Waals surface area (Å²) in [7, 11) is -3.46. The van der Waals surface area contributed by atoms with Gasteiger partial charge >= 0.3 is 0 Å². The van der Waals surface area contributed by atoms with Gasteiger partial charge in [0.1, 0.15) is 0 Å². The molecule has 6 nitrogen and oxygen atoms in total. The largest absolute Gasteiger partial charge is 0.310 e. The molecule has 0 aliphatic carbocycles. The summed E-state index contributed by atoms with van der Waals surface area (Å²) in [4.78, 5) is 0. The van der Waals surface area contributed by atoms with E-state index in [1.54, 1.807) is 10.5 Å². The van der Waals surface area contributed by atoms with Gasteiger partial charge in [0.15, 0.2) is 5.03 Å². The van der Waals surface area contributed by atoms with E-state index in [0.29, 0.717) is 31.2 Å². The Kier molecular flexibility index (Phi) is 5.78. The van der Waals surface area contributed by atoms with Crippen LogP contribution in [-0.4, -0.2) is 42.1 Å². The minimum atomic E-state index is -3.46. The number of H-pyrrole nitrogens is 1. The van der Waals surface area contributed by atoms with Crippen LogP contribution < -0.4 is 5.32 Å². The third-order valence-electron chi connectivity index (χ3n) is 3.79.